The van der Waals surface area contributed by atoms with Crippen molar-refractivity contribution >= 4 is 23.5 Å². The molecule has 124 valence electrons. The van der Waals surface area contributed by atoms with Gasteiger partial charge in [0, 0.05) is 10.5 Å². The number of hydrogen-bond acceptors (Lipinski definition) is 6. The van der Waals surface area contributed by atoms with Crippen molar-refractivity contribution in [1.29, 1.82) is 0 Å². The molecule has 0 N–H and O–H groups in total. The summed E-state index contributed by atoms with van der Waals surface area (Å²) in [5.41, 5.74) is 0.369. The monoisotopic (exact) mass is 348 g/mol. The van der Waals surface area contributed by atoms with Crippen molar-refractivity contribution in [3.8, 4) is 11.5 Å². The van der Waals surface area contributed by atoms with Crippen LogP contribution in [0.3, 0.4) is 0 Å². The number of halogens is 1. The third-order valence-corrected chi connectivity index (χ3v) is 4.26. The molecule has 0 fully saturated rings. The number of ether oxygens (including phenoxy) is 3. The third-order valence-electron chi connectivity index (χ3n) is 3.24. The minimum atomic E-state index is -0.586. The van der Waals surface area contributed by atoms with Crippen molar-refractivity contribution in [2.24, 2.45) is 0 Å². The van der Waals surface area contributed by atoms with Crippen molar-refractivity contribution < 1.29 is 28.2 Å². The molecule has 5 nitrogen and oxygen atoms in total. The van der Waals surface area contributed by atoms with Crippen LogP contribution in [-0.4, -0.2) is 30.9 Å². The Labute approximate surface area is 141 Å². The molecular weight excluding hydrogens is 335 g/mol. The Morgan fingerprint density at radius 3 is 2.75 bits per heavy atom. The number of hydrogen-bond donors (Lipinski definition) is 0. The van der Waals surface area contributed by atoms with Gasteiger partial charge in [-0.25, -0.2) is 4.39 Å². The summed E-state index contributed by atoms with van der Waals surface area (Å²) in [6, 6.07) is 10.9. The first-order valence-electron chi connectivity index (χ1n) is 7.09. The second-order valence-corrected chi connectivity index (χ2v) is 5.89. The van der Waals surface area contributed by atoms with Gasteiger partial charge >= 0.3 is 5.97 Å². The van der Waals surface area contributed by atoms with Crippen molar-refractivity contribution in [2.45, 2.75) is 4.90 Å². The summed E-state index contributed by atoms with van der Waals surface area (Å²) in [6.07, 6.45) is 0. The fraction of sp³-hybridized carbons (Fsp3) is 0.176. The van der Waals surface area contributed by atoms with Crippen LogP contribution in [0.5, 0.6) is 11.5 Å². The van der Waals surface area contributed by atoms with E-state index in [9.17, 15) is 14.0 Å². The van der Waals surface area contributed by atoms with E-state index in [1.807, 2.05) is 0 Å². The van der Waals surface area contributed by atoms with E-state index < -0.39 is 11.8 Å². The van der Waals surface area contributed by atoms with Crippen LogP contribution in [0.25, 0.3) is 0 Å². The molecule has 0 aromatic heterocycles. The second-order valence-electron chi connectivity index (χ2n) is 4.87. The van der Waals surface area contributed by atoms with E-state index in [2.05, 4.69) is 0 Å². The van der Waals surface area contributed by atoms with Crippen LogP contribution < -0.4 is 9.47 Å². The zero-order chi connectivity index (χ0) is 16.9. The second kappa shape index (κ2) is 7.35. The average molecular weight is 348 g/mol. The Morgan fingerprint density at radius 2 is 1.92 bits per heavy atom. The zero-order valence-corrected chi connectivity index (χ0v) is 13.3. The highest BCUT2D eigenvalue weighted by Gasteiger charge is 2.17. The molecule has 0 amide bonds. The minimum absolute atomic E-state index is 0.0741. The van der Waals surface area contributed by atoms with Crippen LogP contribution in [0.1, 0.15) is 10.4 Å². The Balaban J connectivity index is 1.49. The standard InChI is InChI=1S/C17H13FO5S/c18-12-3-1-2-4-16(12)24-9-17(20)21-8-13(19)11-5-6-14-15(7-11)23-10-22-14/h1-7H,8-10H2. The minimum Gasteiger partial charge on any atom is -0.457 e. The molecule has 0 radical (unpaired) electrons. The lowest BCUT2D eigenvalue weighted by atomic mass is 10.1. The molecule has 0 unspecified atom stereocenters. The lowest BCUT2D eigenvalue weighted by Gasteiger charge is -2.06. The molecule has 0 atom stereocenters. The number of rotatable bonds is 6. The summed E-state index contributed by atoms with van der Waals surface area (Å²) in [5.74, 6) is -0.344. The van der Waals surface area contributed by atoms with Gasteiger partial charge in [0.2, 0.25) is 6.79 Å². The van der Waals surface area contributed by atoms with Gasteiger partial charge in [0.1, 0.15) is 5.82 Å². The molecule has 0 bridgehead atoms. The maximum atomic E-state index is 13.4. The van der Waals surface area contributed by atoms with Crippen molar-refractivity contribution in [2.75, 3.05) is 19.2 Å². The molecular formula is C17H13FO5S. The molecule has 2 aromatic rings. The molecule has 1 aliphatic rings. The normalized spacial score (nSPS) is 12.0. The highest BCUT2D eigenvalue weighted by atomic mass is 32.2. The van der Waals surface area contributed by atoms with Gasteiger partial charge in [-0.05, 0) is 30.3 Å². The lowest BCUT2D eigenvalue weighted by molar-refractivity contribution is -0.139. The van der Waals surface area contributed by atoms with Gasteiger partial charge < -0.3 is 14.2 Å². The summed E-state index contributed by atoms with van der Waals surface area (Å²) in [5, 5.41) is 0. The van der Waals surface area contributed by atoms with Crippen molar-refractivity contribution in [1.82, 2.24) is 0 Å². The molecule has 7 heteroatoms. The number of esters is 1. The van der Waals surface area contributed by atoms with E-state index in [4.69, 9.17) is 14.2 Å². The van der Waals surface area contributed by atoms with Crippen LogP contribution in [0.4, 0.5) is 4.39 Å². The van der Waals surface area contributed by atoms with Gasteiger partial charge in [-0.2, -0.15) is 0 Å². The van der Waals surface area contributed by atoms with Crippen molar-refractivity contribution in [3.63, 3.8) is 0 Å². The van der Waals surface area contributed by atoms with E-state index in [1.165, 1.54) is 6.07 Å². The molecule has 1 aliphatic heterocycles. The highest BCUT2D eigenvalue weighted by molar-refractivity contribution is 8.00. The van der Waals surface area contributed by atoms with E-state index in [-0.39, 0.29) is 24.9 Å². The first-order chi connectivity index (χ1) is 11.6. The molecule has 0 saturated carbocycles. The van der Waals surface area contributed by atoms with Crippen LogP contribution >= 0.6 is 11.8 Å². The lowest BCUT2D eigenvalue weighted by Crippen LogP contribution is -2.15. The molecule has 0 aliphatic carbocycles. The maximum absolute atomic E-state index is 13.4. The van der Waals surface area contributed by atoms with E-state index in [1.54, 1.807) is 36.4 Å². The zero-order valence-electron chi connectivity index (χ0n) is 12.5. The molecule has 2 aromatic carbocycles. The Morgan fingerprint density at radius 1 is 1.12 bits per heavy atom. The van der Waals surface area contributed by atoms with Crippen molar-refractivity contribution in [3.05, 3.63) is 53.8 Å². The first-order valence-corrected chi connectivity index (χ1v) is 8.08. The third kappa shape index (κ3) is 3.86. The fourth-order valence-electron chi connectivity index (χ4n) is 2.04. The van der Waals surface area contributed by atoms with Gasteiger partial charge in [-0.3, -0.25) is 9.59 Å². The van der Waals surface area contributed by atoms with E-state index >= 15 is 0 Å². The number of benzene rings is 2. The summed E-state index contributed by atoms with van der Waals surface area (Å²) in [7, 11) is 0. The van der Waals surface area contributed by atoms with Gasteiger partial charge in [0.15, 0.2) is 23.9 Å². The van der Waals surface area contributed by atoms with Crippen LogP contribution in [0.2, 0.25) is 0 Å². The summed E-state index contributed by atoms with van der Waals surface area (Å²) in [6.45, 7) is -0.258. The summed E-state index contributed by atoms with van der Waals surface area (Å²) < 4.78 is 28.7. The maximum Gasteiger partial charge on any atom is 0.316 e. The highest BCUT2D eigenvalue weighted by Crippen LogP contribution is 2.32. The van der Waals surface area contributed by atoms with Gasteiger partial charge in [0.25, 0.3) is 0 Å². The number of thioether (sulfide) groups is 1. The van der Waals surface area contributed by atoms with Gasteiger partial charge in [0.05, 0.1) is 5.75 Å². The largest absolute Gasteiger partial charge is 0.457 e. The van der Waals surface area contributed by atoms with Gasteiger partial charge in [-0.15, -0.1) is 11.8 Å². The Hall–Kier alpha value is -2.54. The molecule has 24 heavy (non-hydrogen) atoms. The average Bonchev–Trinajstić information content (AvgIpc) is 3.06. The van der Waals surface area contributed by atoms with E-state index in [0.717, 1.165) is 11.8 Å². The predicted octanol–water partition coefficient (Wildman–Crippen LogP) is 3.07. The molecule has 0 saturated heterocycles. The number of ketones is 1. The molecule has 0 spiro atoms. The quantitative estimate of drug-likeness (QED) is 0.454. The number of Topliss-reactive ketones (excluding diaryl/α,β-unsaturated/α-hetero) is 1. The molecule has 3 rings (SSSR count). The van der Waals surface area contributed by atoms with Crippen LogP contribution in [0, 0.1) is 5.82 Å². The fourth-order valence-corrected chi connectivity index (χ4v) is 2.78. The summed E-state index contributed by atoms with van der Waals surface area (Å²) in [4.78, 5) is 24.1. The summed E-state index contributed by atoms with van der Waals surface area (Å²) >= 11 is 1.02. The first kappa shape index (κ1) is 16.3. The topological polar surface area (TPSA) is 61.8 Å². The molecule has 1 heterocycles. The number of fused-ring (bicyclic) bond motifs is 1. The number of carbonyl (C=O) groups is 2. The predicted molar refractivity (Wildman–Crippen MR) is 85.0 cm³/mol. The van der Waals surface area contributed by atoms with E-state index in [0.29, 0.717) is 22.0 Å². The SMILES string of the molecule is O=C(CSc1ccccc1F)OCC(=O)c1ccc2c(c1)OCO2. The van der Waals surface area contributed by atoms with Gasteiger partial charge in [-0.1, -0.05) is 12.1 Å². The smallest absolute Gasteiger partial charge is 0.316 e. The van der Waals surface area contributed by atoms with Crippen LogP contribution in [-0.2, 0) is 9.53 Å². The Bertz CT molecular complexity index is 777. The Kier molecular flexibility index (Phi) is 5.00. The van der Waals surface area contributed by atoms with Crippen LogP contribution in [0.15, 0.2) is 47.4 Å². The number of carbonyl (C=O) groups excluding carboxylic acids is 2.